The monoisotopic (exact) mass is 424 g/mol. The number of unbranched alkanes of at least 4 members (excludes halogenated alkanes) is 1. The summed E-state index contributed by atoms with van der Waals surface area (Å²) in [7, 11) is -2.48. The van der Waals surface area contributed by atoms with Gasteiger partial charge in [0, 0.05) is 13.0 Å². The molecule has 0 aliphatic heterocycles. The SMILES string of the molecule is CC(C)=CCOC(=O)CCCCO[Si](c1ccccc1)(c1ccccc1)C(C)(C)C. The average molecular weight is 425 g/mol. The summed E-state index contributed by atoms with van der Waals surface area (Å²) in [4.78, 5) is 11.9. The van der Waals surface area contributed by atoms with E-state index in [1.165, 1.54) is 10.4 Å². The highest BCUT2D eigenvalue weighted by atomic mass is 28.4. The summed E-state index contributed by atoms with van der Waals surface area (Å²) in [6.45, 7) is 11.8. The number of ether oxygens (including phenoxy) is 1. The van der Waals surface area contributed by atoms with Gasteiger partial charge in [-0.2, -0.15) is 0 Å². The summed E-state index contributed by atoms with van der Waals surface area (Å²) in [6, 6.07) is 21.3. The summed E-state index contributed by atoms with van der Waals surface area (Å²) < 4.78 is 12.1. The number of carbonyl (C=O) groups is 1. The van der Waals surface area contributed by atoms with Crippen molar-refractivity contribution in [2.75, 3.05) is 13.2 Å². The molecule has 0 aliphatic rings. The molecule has 0 bridgehead atoms. The molecule has 2 aromatic rings. The van der Waals surface area contributed by atoms with Crippen molar-refractivity contribution in [2.24, 2.45) is 0 Å². The van der Waals surface area contributed by atoms with Gasteiger partial charge in [-0.15, -0.1) is 0 Å². The molecule has 0 aromatic heterocycles. The van der Waals surface area contributed by atoms with Crippen molar-refractivity contribution in [3.05, 3.63) is 72.3 Å². The van der Waals surface area contributed by atoms with Crippen LogP contribution in [0.5, 0.6) is 0 Å². The highest BCUT2D eigenvalue weighted by molar-refractivity contribution is 6.99. The van der Waals surface area contributed by atoms with Crippen molar-refractivity contribution < 1.29 is 14.0 Å². The van der Waals surface area contributed by atoms with E-state index >= 15 is 0 Å². The van der Waals surface area contributed by atoms with E-state index in [9.17, 15) is 4.79 Å². The number of allylic oxidation sites excluding steroid dienone is 1. The Morgan fingerprint density at radius 2 is 1.43 bits per heavy atom. The third kappa shape index (κ3) is 6.41. The zero-order chi connectivity index (χ0) is 22.0. The summed E-state index contributed by atoms with van der Waals surface area (Å²) in [6.07, 6.45) is 3.96. The normalized spacial score (nSPS) is 11.8. The summed E-state index contributed by atoms with van der Waals surface area (Å²) >= 11 is 0. The molecule has 0 aliphatic carbocycles. The Morgan fingerprint density at radius 3 is 1.90 bits per heavy atom. The Labute approximate surface area is 183 Å². The topological polar surface area (TPSA) is 35.5 Å². The molecule has 4 heteroatoms. The molecule has 2 rings (SSSR count). The van der Waals surface area contributed by atoms with E-state index in [-0.39, 0.29) is 11.0 Å². The van der Waals surface area contributed by atoms with Gasteiger partial charge in [-0.1, -0.05) is 87.0 Å². The Bertz CT molecular complexity index is 764. The zero-order valence-electron chi connectivity index (χ0n) is 19.1. The van der Waals surface area contributed by atoms with Gasteiger partial charge in [0.1, 0.15) is 6.61 Å². The van der Waals surface area contributed by atoms with Gasteiger partial charge in [0.05, 0.1) is 0 Å². The van der Waals surface area contributed by atoms with Crippen LogP contribution in [0.15, 0.2) is 72.3 Å². The number of hydrogen-bond donors (Lipinski definition) is 0. The lowest BCUT2D eigenvalue weighted by Crippen LogP contribution is -2.66. The first kappa shape index (κ1) is 24.1. The minimum absolute atomic E-state index is 0.0288. The molecule has 3 nitrogen and oxygen atoms in total. The zero-order valence-corrected chi connectivity index (χ0v) is 20.1. The Kier molecular flexibility index (Phi) is 9.06. The molecule has 0 fully saturated rings. The standard InChI is InChI=1S/C26H36O3Si/c1-22(2)19-21-28-25(27)18-12-13-20-29-30(26(3,4)5,23-14-8-6-9-15-23)24-16-10-7-11-17-24/h6-11,14-17,19H,12-13,18,20-21H2,1-5H3. The third-order valence-electron chi connectivity index (χ3n) is 5.25. The molecule has 162 valence electrons. The van der Waals surface area contributed by atoms with E-state index in [1.807, 2.05) is 19.9 Å². The predicted octanol–water partition coefficient (Wildman–Crippen LogP) is 5.24. The molecule has 2 aromatic carbocycles. The highest BCUT2D eigenvalue weighted by Crippen LogP contribution is 2.36. The van der Waals surface area contributed by atoms with Gasteiger partial charge in [-0.3, -0.25) is 4.79 Å². The molecule has 0 atom stereocenters. The molecule has 0 unspecified atom stereocenters. The lowest BCUT2D eigenvalue weighted by molar-refractivity contribution is -0.142. The Morgan fingerprint density at radius 1 is 0.900 bits per heavy atom. The summed E-state index contributed by atoms with van der Waals surface area (Å²) in [5.41, 5.74) is 1.15. The number of benzene rings is 2. The number of rotatable bonds is 10. The second-order valence-electron chi connectivity index (χ2n) is 8.93. The molecule has 0 spiro atoms. The number of hydrogen-bond acceptors (Lipinski definition) is 3. The molecular formula is C26H36O3Si. The average Bonchev–Trinajstić information content (AvgIpc) is 2.71. The quantitative estimate of drug-likeness (QED) is 0.226. The first-order valence-corrected chi connectivity index (χ1v) is 12.7. The molecule has 0 saturated carbocycles. The Hall–Kier alpha value is -2.17. The van der Waals surface area contributed by atoms with E-state index in [4.69, 9.17) is 9.16 Å². The molecular weight excluding hydrogens is 388 g/mol. The third-order valence-corrected chi connectivity index (χ3v) is 10.3. The first-order valence-electron chi connectivity index (χ1n) is 10.8. The van der Waals surface area contributed by atoms with Crippen molar-refractivity contribution >= 4 is 24.7 Å². The van der Waals surface area contributed by atoms with Crippen LogP contribution in [0, 0.1) is 0 Å². The van der Waals surface area contributed by atoms with E-state index in [0.717, 1.165) is 18.4 Å². The van der Waals surface area contributed by atoms with E-state index in [0.29, 0.717) is 19.6 Å². The minimum atomic E-state index is -2.48. The van der Waals surface area contributed by atoms with Gasteiger partial charge in [-0.25, -0.2) is 0 Å². The van der Waals surface area contributed by atoms with Crippen molar-refractivity contribution in [1.29, 1.82) is 0 Å². The fourth-order valence-electron chi connectivity index (χ4n) is 3.73. The largest absolute Gasteiger partial charge is 0.461 e. The second-order valence-corrected chi connectivity index (χ2v) is 13.2. The maximum absolute atomic E-state index is 11.9. The van der Waals surface area contributed by atoms with E-state index < -0.39 is 8.32 Å². The van der Waals surface area contributed by atoms with Crippen LogP contribution in [-0.2, 0) is 14.0 Å². The van der Waals surface area contributed by atoms with Crippen molar-refractivity contribution in [2.45, 2.75) is 58.9 Å². The molecule has 30 heavy (non-hydrogen) atoms. The van der Waals surface area contributed by atoms with Crippen LogP contribution in [0.3, 0.4) is 0 Å². The first-order chi connectivity index (χ1) is 14.3. The van der Waals surface area contributed by atoms with Crippen molar-refractivity contribution in [3.63, 3.8) is 0 Å². The molecule has 0 radical (unpaired) electrons. The van der Waals surface area contributed by atoms with Crippen LogP contribution < -0.4 is 10.4 Å². The predicted molar refractivity (Wildman–Crippen MR) is 128 cm³/mol. The van der Waals surface area contributed by atoms with E-state index in [1.54, 1.807) is 0 Å². The lowest BCUT2D eigenvalue weighted by Gasteiger charge is -2.43. The van der Waals surface area contributed by atoms with Gasteiger partial charge in [0.25, 0.3) is 8.32 Å². The van der Waals surface area contributed by atoms with Crippen molar-refractivity contribution in [3.8, 4) is 0 Å². The van der Waals surface area contributed by atoms with Gasteiger partial charge < -0.3 is 9.16 Å². The minimum Gasteiger partial charge on any atom is -0.461 e. The van der Waals surface area contributed by atoms with Crippen LogP contribution in [0.4, 0.5) is 0 Å². The van der Waals surface area contributed by atoms with Gasteiger partial charge >= 0.3 is 5.97 Å². The lowest BCUT2D eigenvalue weighted by atomic mass is 10.2. The van der Waals surface area contributed by atoms with Crippen LogP contribution in [0.2, 0.25) is 5.04 Å². The Balaban J connectivity index is 2.08. The fraction of sp³-hybridized carbons (Fsp3) is 0.423. The van der Waals surface area contributed by atoms with Gasteiger partial charge in [0.2, 0.25) is 0 Å². The number of carbonyl (C=O) groups excluding carboxylic acids is 1. The molecule has 0 amide bonds. The molecule has 0 saturated heterocycles. The number of esters is 1. The molecule has 0 heterocycles. The summed E-state index contributed by atoms with van der Waals surface area (Å²) in [5.74, 6) is -0.141. The maximum atomic E-state index is 11.9. The van der Waals surface area contributed by atoms with Crippen LogP contribution in [0.1, 0.15) is 53.9 Å². The van der Waals surface area contributed by atoms with Crippen LogP contribution in [0.25, 0.3) is 0 Å². The van der Waals surface area contributed by atoms with Crippen LogP contribution >= 0.6 is 0 Å². The summed E-state index contributed by atoms with van der Waals surface area (Å²) in [5, 5.41) is 2.54. The molecule has 0 N–H and O–H groups in total. The van der Waals surface area contributed by atoms with Crippen molar-refractivity contribution in [1.82, 2.24) is 0 Å². The van der Waals surface area contributed by atoms with Gasteiger partial charge in [0.15, 0.2) is 0 Å². The van der Waals surface area contributed by atoms with Gasteiger partial charge in [-0.05, 0) is 48.2 Å². The fourth-order valence-corrected chi connectivity index (χ4v) is 8.34. The van der Waals surface area contributed by atoms with E-state index in [2.05, 4.69) is 81.4 Å². The smallest absolute Gasteiger partial charge is 0.306 e. The maximum Gasteiger partial charge on any atom is 0.306 e. The van der Waals surface area contributed by atoms with Crippen LogP contribution in [-0.4, -0.2) is 27.5 Å². The highest BCUT2D eigenvalue weighted by Gasteiger charge is 2.49. The second kappa shape index (κ2) is 11.3.